The summed E-state index contributed by atoms with van der Waals surface area (Å²) in [5.41, 5.74) is 0. The molecule has 0 bridgehead atoms. The molecule has 0 aromatic carbocycles. The van der Waals surface area contributed by atoms with E-state index in [0.717, 1.165) is 45.4 Å². The summed E-state index contributed by atoms with van der Waals surface area (Å²) in [5, 5.41) is 5.96. The second-order valence-corrected chi connectivity index (χ2v) is 5.67. The normalized spacial score (nSPS) is 18.7. The lowest BCUT2D eigenvalue weighted by Crippen LogP contribution is -2.45. The maximum absolute atomic E-state index is 11.7. The highest BCUT2D eigenvalue weighted by Gasteiger charge is 2.21. The molecule has 1 fully saturated rings. The molecular weight excluding hydrogens is 228 g/mol. The molecule has 0 aromatic rings. The Bertz CT molecular complexity index is 238. The predicted octanol–water partition coefficient (Wildman–Crippen LogP) is 2.54. The van der Waals surface area contributed by atoms with Crippen molar-refractivity contribution in [3.8, 4) is 0 Å². The molecule has 4 nitrogen and oxygen atoms in total. The van der Waals surface area contributed by atoms with Gasteiger partial charge >= 0.3 is 6.03 Å². The molecule has 0 aromatic heterocycles. The number of rotatable bonds is 6. The summed E-state index contributed by atoms with van der Waals surface area (Å²) in [5.74, 6) is 1.26. The average Bonchev–Trinajstić information content (AvgIpc) is 2.35. The van der Waals surface area contributed by atoms with E-state index in [4.69, 9.17) is 4.74 Å². The molecule has 0 radical (unpaired) electrons. The second kappa shape index (κ2) is 8.35. The van der Waals surface area contributed by atoms with Crippen molar-refractivity contribution in [2.45, 2.75) is 52.5 Å². The van der Waals surface area contributed by atoms with Crippen molar-refractivity contribution >= 4 is 6.03 Å². The van der Waals surface area contributed by atoms with Crippen LogP contribution in [0.2, 0.25) is 0 Å². The molecular formula is C14H28N2O2. The Hall–Kier alpha value is -0.770. The summed E-state index contributed by atoms with van der Waals surface area (Å²) >= 11 is 0. The summed E-state index contributed by atoms with van der Waals surface area (Å²) in [6.45, 7) is 8.91. The summed E-state index contributed by atoms with van der Waals surface area (Å²) < 4.78 is 5.33. The smallest absolute Gasteiger partial charge is 0.315 e. The van der Waals surface area contributed by atoms with E-state index in [2.05, 4.69) is 31.4 Å². The fraction of sp³-hybridized carbons (Fsp3) is 0.929. The average molecular weight is 256 g/mol. The maximum Gasteiger partial charge on any atom is 0.315 e. The Balaban J connectivity index is 2.10. The van der Waals surface area contributed by atoms with E-state index in [-0.39, 0.29) is 12.1 Å². The number of urea groups is 1. The van der Waals surface area contributed by atoms with Gasteiger partial charge in [0.05, 0.1) is 0 Å². The van der Waals surface area contributed by atoms with E-state index in [0.29, 0.717) is 11.8 Å². The van der Waals surface area contributed by atoms with E-state index in [1.54, 1.807) is 0 Å². The van der Waals surface area contributed by atoms with Crippen LogP contribution in [0.5, 0.6) is 0 Å². The molecule has 1 saturated heterocycles. The van der Waals surface area contributed by atoms with Crippen molar-refractivity contribution in [2.24, 2.45) is 11.8 Å². The highest BCUT2D eigenvalue weighted by atomic mass is 16.5. The zero-order valence-electron chi connectivity index (χ0n) is 12.0. The van der Waals surface area contributed by atoms with Gasteiger partial charge in [0.1, 0.15) is 0 Å². The van der Waals surface area contributed by atoms with E-state index in [1.807, 2.05) is 0 Å². The first-order valence-electron chi connectivity index (χ1n) is 7.21. The first-order chi connectivity index (χ1) is 8.59. The van der Waals surface area contributed by atoms with E-state index in [1.165, 1.54) is 0 Å². The van der Waals surface area contributed by atoms with Crippen molar-refractivity contribution in [1.82, 2.24) is 10.6 Å². The van der Waals surface area contributed by atoms with Gasteiger partial charge in [-0.2, -0.15) is 0 Å². The lowest BCUT2D eigenvalue weighted by Gasteiger charge is -2.28. The molecule has 1 atom stereocenters. The van der Waals surface area contributed by atoms with Crippen LogP contribution in [-0.2, 0) is 4.74 Å². The van der Waals surface area contributed by atoms with E-state index in [9.17, 15) is 4.79 Å². The van der Waals surface area contributed by atoms with Crippen LogP contribution in [0.3, 0.4) is 0 Å². The number of ether oxygens (including phenoxy) is 1. The molecule has 1 unspecified atom stereocenters. The van der Waals surface area contributed by atoms with Crippen molar-refractivity contribution in [3.05, 3.63) is 0 Å². The molecule has 0 spiro atoms. The quantitative estimate of drug-likeness (QED) is 0.718. The highest BCUT2D eigenvalue weighted by molar-refractivity contribution is 5.74. The third-order valence-electron chi connectivity index (χ3n) is 3.58. The van der Waals surface area contributed by atoms with Gasteiger partial charge in [0.25, 0.3) is 0 Å². The minimum atomic E-state index is -0.0299. The van der Waals surface area contributed by atoms with Crippen LogP contribution in [0.4, 0.5) is 4.79 Å². The summed E-state index contributed by atoms with van der Waals surface area (Å²) in [7, 11) is 0. The molecule has 2 N–H and O–H groups in total. The van der Waals surface area contributed by atoms with Crippen molar-refractivity contribution < 1.29 is 9.53 Å². The van der Waals surface area contributed by atoms with Crippen LogP contribution in [0, 0.1) is 11.8 Å². The first-order valence-corrected chi connectivity index (χ1v) is 7.21. The van der Waals surface area contributed by atoms with Gasteiger partial charge in [0.2, 0.25) is 0 Å². The lowest BCUT2D eigenvalue weighted by molar-refractivity contribution is 0.0571. The summed E-state index contributed by atoms with van der Waals surface area (Å²) in [4.78, 5) is 11.7. The largest absolute Gasteiger partial charge is 0.381 e. The lowest BCUT2D eigenvalue weighted by atomic mass is 9.93. The number of amides is 2. The van der Waals surface area contributed by atoms with E-state index < -0.39 is 0 Å². The van der Waals surface area contributed by atoms with E-state index >= 15 is 0 Å². The van der Waals surface area contributed by atoms with Crippen LogP contribution in [0.1, 0.15) is 46.5 Å². The van der Waals surface area contributed by atoms with Crippen LogP contribution >= 0.6 is 0 Å². The zero-order chi connectivity index (χ0) is 13.4. The molecule has 1 rings (SSSR count). The van der Waals surface area contributed by atoms with Crippen LogP contribution in [0.15, 0.2) is 0 Å². The Labute approximate surface area is 111 Å². The standard InChI is InChI=1S/C14H28N2O2/c1-11(2)5-4-8-15-14(17)16-12(3)13-6-9-18-10-7-13/h11-13H,4-10H2,1-3H3,(H2,15,16,17). The minimum absolute atomic E-state index is 0.0299. The van der Waals surface area contributed by atoms with Crippen molar-refractivity contribution in [1.29, 1.82) is 0 Å². The molecule has 0 aliphatic carbocycles. The molecule has 1 aliphatic heterocycles. The fourth-order valence-electron chi connectivity index (χ4n) is 2.30. The summed E-state index contributed by atoms with van der Waals surface area (Å²) in [6.07, 6.45) is 4.32. The van der Waals surface area contributed by atoms with Crippen molar-refractivity contribution in [2.75, 3.05) is 19.8 Å². The number of hydrogen-bond donors (Lipinski definition) is 2. The van der Waals surface area contributed by atoms with Gasteiger partial charge in [0, 0.05) is 25.8 Å². The van der Waals surface area contributed by atoms with Gasteiger partial charge in [0.15, 0.2) is 0 Å². The second-order valence-electron chi connectivity index (χ2n) is 5.67. The predicted molar refractivity (Wildman–Crippen MR) is 73.6 cm³/mol. The molecule has 0 saturated carbocycles. The summed E-state index contributed by atoms with van der Waals surface area (Å²) in [6, 6.07) is 0.205. The zero-order valence-corrected chi connectivity index (χ0v) is 12.0. The van der Waals surface area contributed by atoms with Crippen LogP contribution in [-0.4, -0.2) is 31.8 Å². The Morgan fingerprint density at radius 1 is 1.28 bits per heavy atom. The molecule has 4 heteroatoms. The van der Waals surface area contributed by atoms with Crippen LogP contribution in [0.25, 0.3) is 0 Å². The van der Waals surface area contributed by atoms with Crippen LogP contribution < -0.4 is 10.6 Å². The SMILES string of the molecule is CC(C)CCCNC(=O)NC(C)C1CCOCC1. The monoisotopic (exact) mass is 256 g/mol. The topological polar surface area (TPSA) is 50.4 Å². The molecule has 18 heavy (non-hydrogen) atoms. The van der Waals surface area contributed by atoms with Gasteiger partial charge in [-0.1, -0.05) is 13.8 Å². The number of carbonyl (C=O) groups is 1. The molecule has 2 amide bonds. The Morgan fingerprint density at radius 3 is 2.56 bits per heavy atom. The highest BCUT2D eigenvalue weighted by Crippen LogP contribution is 2.18. The molecule has 106 valence electrons. The third kappa shape index (κ3) is 6.24. The third-order valence-corrected chi connectivity index (χ3v) is 3.58. The maximum atomic E-state index is 11.7. The van der Waals surface area contributed by atoms with Gasteiger partial charge in [-0.25, -0.2) is 4.79 Å². The van der Waals surface area contributed by atoms with Gasteiger partial charge in [-0.3, -0.25) is 0 Å². The van der Waals surface area contributed by atoms with Gasteiger partial charge < -0.3 is 15.4 Å². The molecule has 1 aliphatic rings. The van der Waals surface area contributed by atoms with Gasteiger partial charge in [-0.05, 0) is 44.4 Å². The molecule has 1 heterocycles. The van der Waals surface area contributed by atoms with Gasteiger partial charge in [-0.15, -0.1) is 0 Å². The minimum Gasteiger partial charge on any atom is -0.381 e. The number of nitrogens with one attached hydrogen (secondary N) is 2. The first kappa shape index (κ1) is 15.3. The number of hydrogen-bond acceptors (Lipinski definition) is 2. The van der Waals surface area contributed by atoms with Crippen molar-refractivity contribution in [3.63, 3.8) is 0 Å². The Morgan fingerprint density at radius 2 is 1.94 bits per heavy atom. The fourth-order valence-corrected chi connectivity index (χ4v) is 2.30. The Kier molecular flexibility index (Phi) is 7.09. The number of carbonyl (C=O) groups excluding carboxylic acids is 1.